The first-order valence-electron chi connectivity index (χ1n) is 12.5. The summed E-state index contributed by atoms with van der Waals surface area (Å²) >= 11 is 0. The first-order valence-corrected chi connectivity index (χ1v) is 12.5. The summed E-state index contributed by atoms with van der Waals surface area (Å²) in [6.45, 7) is 10.9. The number of carbonyl (C=O) groups is 1. The summed E-state index contributed by atoms with van der Waals surface area (Å²) in [6.07, 6.45) is 8.38. The van der Waals surface area contributed by atoms with Gasteiger partial charge in [0, 0.05) is 5.57 Å². The summed E-state index contributed by atoms with van der Waals surface area (Å²) in [5.74, 6) is 0.653. The van der Waals surface area contributed by atoms with Crippen LogP contribution < -0.4 is 4.74 Å². The highest BCUT2D eigenvalue weighted by atomic mass is 16.5. The summed E-state index contributed by atoms with van der Waals surface area (Å²) in [6, 6.07) is 15.5. The van der Waals surface area contributed by atoms with E-state index < -0.39 is 0 Å². The summed E-state index contributed by atoms with van der Waals surface area (Å²) in [5.41, 5.74) is 3.36. The number of carbonyl (C=O) groups excluding carboxylic acids is 1. The molecule has 3 nitrogen and oxygen atoms in total. The molecule has 33 heavy (non-hydrogen) atoms. The van der Waals surface area contributed by atoms with E-state index in [0.29, 0.717) is 18.8 Å². The van der Waals surface area contributed by atoms with E-state index in [-0.39, 0.29) is 5.97 Å². The fourth-order valence-corrected chi connectivity index (χ4v) is 4.50. The number of unbranched alkanes of at least 4 members (excludes halogenated alkanes) is 3. The molecule has 0 aliphatic heterocycles. The summed E-state index contributed by atoms with van der Waals surface area (Å²) in [4.78, 5) is 11.4. The molecule has 0 heterocycles. The number of aryl methyl sites for hydroxylation is 2. The van der Waals surface area contributed by atoms with Gasteiger partial charge in [-0.05, 0) is 90.3 Å². The van der Waals surface area contributed by atoms with Gasteiger partial charge in [-0.1, -0.05) is 63.6 Å². The molecule has 0 saturated heterocycles. The predicted molar refractivity (Wildman–Crippen MR) is 139 cm³/mol. The van der Waals surface area contributed by atoms with Gasteiger partial charge in [-0.2, -0.15) is 0 Å². The number of hydrogen-bond donors (Lipinski definition) is 0. The lowest BCUT2D eigenvalue weighted by Crippen LogP contribution is -2.06. The first kappa shape index (κ1) is 24.8. The maximum absolute atomic E-state index is 11.4. The molecule has 0 bridgehead atoms. The number of rotatable bonds is 13. The SMILES string of the molecule is C=C(C)C(=O)OCCCCCCOc1ccc2c(CCC)c3ccccc3c(CCC)c2c1. The zero-order chi connectivity index (χ0) is 23.6. The molecule has 0 aromatic heterocycles. The molecule has 0 radical (unpaired) electrons. The van der Waals surface area contributed by atoms with Gasteiger partial charge in [-0.3, -0.25) is 0 Å². The molecule has 0 unspecified atom stereocenters. The van der Waals surface area contributed by atoms with Gasteiger partial charge in [-0.25, -0.2) is 4.79 Å². The minimum atomic E-state index is -0.299. The van der Waals surface area contributed by atoms with E-state index in [2.05, 4.69) is 62.9 Å². The molecule has 0 N–H and O–H groups in total. The van der Waals surface area contributed by atoms with E-state index in [1.807, 2.05) is 0 Å². The largest absolute Gasteiger partial charge is 0.494 e. The minimum Gasteiger partial charge on any atom is -0.494 e. The monoisotopic (exact) mass is 446 g/mol. The second-order valence-electron chi connectivity index (χ2n) is 8.89. The predicted octanol–water partition coefficient (Wildman–Crippen LogP) is 7.96. The van der Waals surface area contributed by atoms with Crippen molar-refractivity contribution < 1.29 is 14.3 Å². The quantitative estimate of drug-likeness (QED) is 0.116. The van der Waals surface area contributed by atoms with E-state index in [0.717, 1.165) is 57.1 Å². The van der Waals surface area contributed by atoms with Gasteiger partial charge >= 0.3 is 5.97 Å². The van der Waals surface area contributed by atoms with Crippen LogP contribution in [0.4, 0.5) is 0 Å². The van der Waals surface area contributed by atoms with Crippen molar-refractivity contribution in [3.8, 4) is 5.75 Å². The smallest absolute Gasteiger partial charge is 0.333 e. The number of ether oxygens (including phenoxy) is 2. The van der Waals surface area contributed by atoms with Crippen molar-refractivity contribution in [1.82, 2.24) is 0 Å². The van der Waals surface area contributed by atoms with Crippen molar-refractivity contribution in [3.63, 3.8) is 0 Å². The van der Waals surface area contributed by atoms with Gasteiger partial charge in [0.1, 0.15) is 5.75 Å². The van der Waals surface area contributed by atoms with Crippen LogP contribution in [0, 0.1) is 0 Å². The van der Waals surface area contributed by atoms with E-state index >= 15 is 0 Å². The molecular formula is C30H38O3. The van der Waals surface area contributed by atoms with Crippen LogP contribution in [0.25, 0.3) is 21.5 Å². The third kappa shape index (κ3) is 6.37. The second-order valence-corrected chi connectivity index (χ2v) is 8.89. The zero-order valence-electron chi connectivity index (χ0n) is 20.5. The van der Waals surface area contributed by atoms with Crippen LogP contribution in [-0.4, -0.2) is 19.2 Å². The number of benzene rings is 3. The molecule has 3 rings (SSSR count). The van der Waals surface area contributed by atoms with E-state index in [1.54, 1.807) is 6.92 Å². The average Bonchev–Trinajstić information content (AvgIpc) is 2.82. The maximum atomic E-state index is 11.4. The molecule has 0 aliphatic rings. The Kier molecular flexibility index (Phi) is 9.35. The number of fused-ring (bicyclic) bond motifs is 2. The Hall–Kier alpha value is -2.81. The lowest BCUT2D eigenvalue weighted by Gasteiger charge is -2.17. The van der Waals surface area contributed by atoms with Gasteiger partial charge in [0.05, 0.1) is 13.2 Å². The summed E-state index contributed by atoms with van der Waals surface area (Å²) in [7, 11) is 0. The molecule has 3 aromatic carbocycles. The minimum absolute atomic E-state index is 0.299. The van der Waals surface area contributed by atoms with Gasteiger partial charge in [-0.15, -0.1) is 0 Å². The Balaban J connectivity index is 1.66. The molecule has 0 atom stereocenters. The van der Waals surface area contributed by atoms with Crippen LogP contribution in [0.2, 0.25) is 0 Å². The highest BCUT2D eigenvalue weighted by Gasteiger charge is 2.14. The van der Waals surface area contributed by atoms with Gasteiger partial charge < -0.3 is 9.47 Å². The highest BCUT2D eigenvalue weighted by molar-refractivity contribution is 6.06. The lowest BCUT2D eigenvalue weighted by molar-refractivity contribution is -0.139. The fourth-order valence-electron chi connectivity index (χ4n) is 4.50. The lowest BCUT2D eigenvalue weighted by atomic mass is 9.88. The van der Waals surface area contributed by atoms with Crippen LogP contribution >= 0.6 is 0 Å². The van der Waals surface area contributed by atoms with Crippen LogP contribution in [0.1, 0.15) is 70.4 Å². The topological polar surface area (TPSA) is 35.5 Å². The van der Waals surface area contributed by atoms with Crippen molar-refractivity contribution >= 4 is 27.5 Å². The van der Waals surface area contributed by atoms with Crippen LogP contribution in [0.3, 0.4) is 0 Å². The molecule has 0 fully saturated rings. The molecule has 0 amide bonds. The maximum Gasteiger partial charge on any atom is 0.333 e. The Bertz CT molecular complexity index is 1100. The third-order valence-electron chi connectivity index (χ3n) is 6.11. The van der Waals surface area contributed by atoms with Gasteiger partial charge in [0.2, 0.25) is 0 Å². The Morgan fingerprint density at radius 1 is 0.788 bits per heavy atom. The Morgan fingerprint density at radius 2 is 1.36 bits per heavy atom. The normalized spacial score (nSPS) is 11.1. The standard InChI is InChI=1S/C30H38O3/c1-5-13-24-26-15-9-10-16-27(26)25(14-6-2)29-21-23(17-18-28(24)29)32-19-11-7-8-12-20-33-30(31)22(3)4/h9-10,15-18,21H,3,5-8,11-14,19-20H2,1-2,4H3. The summed E-state index contributed by atoms with van der Waals surface area (Å²) < 4.78 is 11.3. The third-order valence-corrected chi connectivity index (χ3v) is 6.11. The van der Waals surface area contributed by atoms with Gasteiger partial charge in [0.25, 0.3) is 0 Å². The molecule has 3 heteroatoms. The molecular weight excluding hydrogens is 408 g/mol. The van der Waals surface area contributed by atoms with Crippen LogP contribution in [-0.2, 0) is 22.4 Å². The van der Waals surface area contributed by atoms with Crippen LogP contribution in [0.5, 0.6) is 5.75 Å². The first-order chi connectivity index (χ1) is 16.1. The molecule has 0 saturated carbocycles. The highest BCUT2D eigenvalue weighted by Crippen LogP contribution is 2.36. The zero-order valence-corrected chi connectivity index (χ0v) is 20.5. The van der Waals surface area contributed by atoms with Crippen molar-refractivity contribution in [2.75, 3.05) is 13.2 Å². The molecule has 0 aliphatic carbocycles. The van der Waals surface area contributed by atoms with Crippen molar-refractivity contribution in [2.45, 2.75) is 72.1 Å². The molecule has 3 aromatic rings. The van der Waals surface area contributed by atoms with Crippen molar-refractivity contribution in [1.29, 1.82) is 0 Å². The van der Waals surface area contributed by atoms with E-state index in [4.69, 9.17) is 9.47 Å². The number of esters is 1. The summed E-state index contributed by atoms with van der Waals surface area (Å²) in [5, 5.41) is 5.50. The van der Waals surface area contributed by atoms with Crippen molar-refractivity contribution in [3.05, 3.63) is 65.7 Å². The Morgan fingerprint density at radius 3 is 1.97 bits per heavy atom. The second kappa shape index (κ2) is 12.4. The van der Waals surface area contributed by atoms with Crippen LogP contribution in [0.15, 0.2) is 54.6 Å². The average molecular weight is 447 g/mol. The molecule has 0 spiro atoms. The molecule has 176 valence electrons. The van der Waals surface area contributed by atoms with Crippen molar-refractivity contribution in [2.24, 2.45) is 0 Å². The Labute approximate surface area is 198 Å². The van der Waals surface area contributed by atoms with E-state index in [9.17, 15) is 4.79 Å². The van der Waals surface area contributed by atoms with Gasteiger partial charge in [0.15, 0.2) is 0 Å². The fraction of sp³-hybridized carbons (Fsp3) is 0.433. The van der Waals surface area contributed by atoms with E-state index in [1.165, 1.54) is 32.7 Å². The number of hydrogen-bond acceptors (Lipinski definition) is 3.